The Labute approximate surface area is 198 Å². The van der Waals surface area contributed by atoms with Gasteiger partial charge in [-0.1, -0.05) is 18.2 Å². The first-order valence-corrected chi connectivity index (χ1v) is 12.4. The highest BCUT2D eigenvalue weighted by Gasteiger charge is 2.52. The normalized spacial score (nSPS) is 21.4. The van der Waals surface area contributed by atoms with Crippen molar-refractivity contribution in [3.8, 4) is 5.75 Å². The molecule has 0 saturated carbocycles. The number of rotatable bonds is 8. The van der Waals surface area contributed by atoms with E-state index in [1.54, 1.807) is 18.4 Å². The number of nitrogens with one attached hydrogen (secondary N) is 1. The number of thiophene rings is 1. The van der Waals surface area contributed by atoms with Gasteiger partial charge in [0.1, 0.15) is 11.3 Å². The summed E-state index contributed by atoms with van der Waals surface area (Å²) in [6, 6.07) is 11.4. The summed E-state index contributed by atoms with van der Waals surface area (Å²) in [5.41, 5.74) is 0.127. The Bertz CT molecular complexity index is 984. The summed E-state index contributed by atoms with van der Waals surface area (Å²) in [4.78, 5) is 43.0. The van der Waals surface area contributed by atoms with Crippen molar-refractivity contribution in [2.24, 2.45) is 5.92 Å². The lowest BCUT2D eigenvalue weighted by molar-refractivity contribution is -0.135. The predicted octanol–water partition coefficient (Wildman–Crippen LogP) is 3.48. The summed E-state index contributed by atoms with van der Waals surface area (Å²) in [5.74, 6) is 0.789. The van der Waals surface area contributed by atoms with Gasteiger partial charge in [0.2, 0.25) is 5.91 Å². The van der Waals surface area contributed by atoms with Crippen LogP contribution in [0.5, 0.6) is 5.75 Å². The molecule has 2 fully saturated rings. The second-order valence-corrected chi connectivity index (χ2v) is 9.95. The molecule has 0 aliphatic carbocycles. The molecule has 0 unspecified atom stereocenters. The summed E-state index contributed by atoms with van der Waals surface area (Å²) < 4.78 is 5.18. The Morgan fingerprint density at radius 1 is 1.15 bits per heavy atom. The second kappa shape index (κ2) is 9.95. The van der Waals surface area contributed by atoms with E-state index in [-0.39, 0.29) is 23.8 Å². The molecule has 7 nitrogen and oxygen atoms in total. The standard InChI is InChI=1S/C25H31N3O4S/c1-25(19-12-14-27(15-13-19)22(29)10-9-21-4-3-17-33-21)23(30)28(24(31)26-25)16-11-18-5-7-20(32-2)8-6-18/h3-8,17,19H,9-16H2,1-2H3,(H,26,31)/t25-/m0/s1. The van der Waals surface area contributed by atoms with Gasteiger partial charge in [0.25, 0.3) is 5.91 Å². The van der Waals surface area contributed by atoms with Crippen molar-refractivity contribution in [1.82, 2.24) is 15.1 Å². The summed E-state index contributed by atoms with van der Waals surface area (Å²) >= 11 is 1.67. The molecule has 3 heterocycles. The van der Waals surface area contributed by atoms with Crippen LogP contribution in [-0.2, 0) is 22.4 Å². The number of carbonyl (C=O) groups excluding carboxylic acids is 3. The molecule has 8 heteroatoms. The number of amides is 4. The van der Waals surface area contributed by atoms with Gasteiger partial charge >= 0.3 is 6.03 Å². The van der Waals surface area contributed by atoms with Crippen molar-refractivity contribution in [1.29, 1.82) is 0 Å². The van der Waals surface area contributed by atoms with Gasteiger partial charge in [0.05, 0.1) is 7.11 Å². The van der Waals surface area contributed by atoms with E-state index >= 15 is 0 Å². The lowest BCUT2D eigenvalue weighted by Crippen LogP contribution is -2.54. The average Bonchev–Trinajstić information content (AvgIpc) is 3.43. The van der Waals surface area contributed by atoms with E-state index in [0.717, 1.165) is 17.7 Å². The molecule has 2 aliphatic rings. The quantitative estimate of drug-likeness (QED) is 0.601. The summed E-state index contributed by atoms with van der Waals surface area (Å²) in [7, 11) is 1.62. The molecule has 1 N–H and O–H groups in total. The van der Waals surface area contributed by atoms with Crippen LogP contribution in [0.3, 0.4) is 0 Å². The Kier molecular flexibility index (Phi) is 7.02. The Hall–Kier alpha value is -2.87. The van der Waals surface area contributed by atoms with Gasteiger partial charge in [0, 0.05) is 30.9 Å². The van der Waals surface area contributed by atoms with Crippen molar-refractivity contribution >= 4 is 29.2 Å². The number of carbonyl (C=O) groups is 3. The number of benzene rings is 1. The molecule has 4 rings (SSSR count). The number of ether oxygens (including phenoxy) is 1. The van der Waals surface area contributed by atoms with Crippen LogP contribution in [0, 0.1) is 5.92 Å². The summed E-state index contributed by atoms with van der Waals surface area (Å²) in [6.07, 6.45) is 3.29. The van der Waals surface area contributed by atoms with Crippen molar-refractivity contribution in [3.63, 3.8) is 0 Å². The molecule has 2 aliphatic heterocycles. The number of hydrogen-bond donors (Lipinski definition) is 1. The van der Waals surface area contributed by atoms with Crippen LogP contribution in [0.1, 0.15) is 36.6 Å². The maximum Gasteiger partial charge on any atom is 0.325 e. The van der Waals surface area contributed by atoms with Crippen LogP contribution < -0.4 is 10.1 Å². The van der Waals surface area contributed by atoms with E-state index in [9.17, 15) is 14.4 Å². The molecule has 33 heavy (non-hydrogen) atoms. The van der Waals surface area contributed by atoms with Crippen molar-refractivity contribution in [2.75, 3.05) is 26.7 Å². The number of hydrogen-bond acceptors (Lipinski definition) is 5. The molecular weight excluding hydrogens is 438 g/mol. The highest BCUT2D eigenvalue weighted by molar-refractivity contribution is 7.09. The molecule has 4 amide bonds. The van der Waals surface area contributed by atoms with E-state index in [4.69, 9.17) is 4.74 Å². The minimum atomic E-state index is -0.914. The minimum absolute atomic E-state index is 0.0151. The first-order valence-electron chi connectivity index (χ1n) is 11.5. The van der Waals surface area contributed by atoms with Crippen LogP contribution in [0.2, 0.25) is 0 Å². The SMILES string of the molecule is COc1ccc(CCN2C(=O)N[C@@](C)(C3CCN(C(=O)CCc4cccs4)CC3)C2=O)cc1. The monoisotopic (exact) mass is 469 g/mol. The largest absolute Gasteiger partial charge is 0.497 e. The Morgan fingerprint density at radius 2 is 1.88 bits per heavy atom. The molecule has 2 saturated heterocycles. The fourth-order valence-corrected chi connectivity index (χ4v) is 5.49. The van der Waals surface area contributed by atoms with E-state index in [0.29, 0.717) is 45.3 Å². The summed E-state index contributed by atoms with van der Waals surface area (Å²) in [5, 5.41) is 4.98. The van der Waals surface area contributed by atoms with Crippen LogP contribution in [0.15, 0.2) is 41.8 Å². The van der Waals surface area contributed by atoms with Gasteiger partial charge in [-0.15, -0.1) is 11.3 Å². The lowest BCUT2D eigenvalue weighted by atomic mass is 9.79. The molecule has 0 spiro atoms. The molecule has 176 valence electrons. The van der Waals surface area contributed by atoms with E-state index in [2.05, 4.69) is 11.4 Å². The van der Waals surface area contributed by atoms with E-state index in [1.165, 1.54) is 9.78 Å². The molecule has 1 aromatic carbocycles. The van der Waals surface area contributed by atoms with Crippen molar-refractivity contribution < 1.29 is 19.1 Å². The lowest BCUT2D eigenvalue weighted by Gasteiger charge is -2.39. The number of imide groups is 1. The van der Waals surface area contributed by atoms with Crippen LogP contribution in [0.4, 0.5) is 4.79 Å². The average molecular weight is 470 g/mol. The molecule has 0 bridgehead atoms. The Balaban J connectivity index is 1.30. The predicted molar refractivity (Wildman–Crippen MR) is 127 cm³/mol. The minimum Gasteiger partial charge on any atom is -0.497 e. The number of aryl methyl sites for hydroxylation is 1. The third-order valence-electron chi connectivity index (χ3n) is 6.91. The second-order valence-electron chi connectivity index (χ2n) is 8.92. The zero-order chi connectivity index (χ0) is 23.4. The molecule has 0 radical (unpaired) electrons. The van der Waals surface area contributed by atoms with Gasteiger partial charge in [-0.3, -0.25) is 14.5 Å². The first-order chi connectivity index (χ1) is 15.9. The third kappa shape index (κ3) is 5.05. The fraction of sp³-hybridized carbons (Fsp3) is 0.480. The maximum absolute atomic E-state index is 13.3. The van der Waals surface area contributed by atoms with E-state index in [1.807, 2.05) is 47.5 Å². The molecule has 1 atom stereocenters. The van der Waals surface area contributed by atoms with Gasteiger partial charge in [-0.05, 0) is 67.7 Å². The fourth-order valence-electron chi connectivity index (χ4n) is 4.78. The van der Waals surface area contributed by atoms with Gasteiger partial charge in [-0.2, -0.15) is 0 Å². The van der Waals surface area contributed by atoms with Gasteiger partial charge in [-0.25, -0.2) is 4.79 Å². The zero-order valence-corrected chi connectivity index (χ0v) is 20.0. The molecule has 1 aromatic heterocycles. The van der Waals surface area contributed by atoms with Crippen LogP contribution in [0.25, 0.3) is 0 Å². The van der Waals surface area contributed by atoms with Crippen LogP contribution in [-0.4, -0.2) is 59.9 Å². The molecular formula is C25H31N3O4S. The summed E-state index contributed by atoms with van der Waals surface area (Å²) in [6.45, 7) is 3.42. The van der Waals surface area contributed by atoms with Gasteiger partial charge < -0.3 is 15.0 Å². The van der Waals surface area contributed by atoms with Gasteiger partial charge in [0.15, 0.2) is 0 Å². The smallest absolute Gasteiger partial charge is 0.325 e. The third-order valence-corrected chi connectivity index (χ3v) is 7.85. The Morgan fingerprint density at radius 3 is 2.52 bits per heavy atom. The highest BCUT2D eigenvalue weighted by atomic mass is 32.1. The number of likely N-dealkylation sites (tertiary alicyclic amines) is 1. The maximum atomic E-state index is 13.3. The number of piperidine rings is 1. The van der Waals surface area contributed by atoms with Crippen molar-refractivity contribution in [2.45, 2.75) is 44.6 Å². The van der Waals surface area contributed by atoms with Crippen molar-refractivity contribution in [3.05, 3.63) is 52.2 Å². The van der Waals surface area contributed by atoms with Crippen LogP contribution >= 0.6 is 11.3 Å². The highest BCUT2D eigenvalue weighted by Crippen LogP contribution is 2.33. The number of nitrogens with zero attached hydrogens (tertiary/aromatic N) is 2. The first kappa shape index (κ1) is 23.3. The number of methoxy groups -OCH3 is 1. The number of urea groups is 1. The molecule has 2 aromatic rings. The topological polar surface area (TPSA) is 79.0 Å². The zero-order valence-electron chi connectivity index (χ0n) is 19.2. The van der Waals surface area contributed by atoms with E-state index < -0.39 is 5.54 Å².